The van der Waals surface area contributed by atoms with Gasteiger partial charge < -0.3 is 5.32 Å². The lowest BCUT2D eigenvalue weighted by molar-refractivity contribution is 0.102. The number of anilines is 1. The van der Waals surface area contributed by atoms with Gasteiger partial charge in [0.1, 0.15) is 0 Å². The maximum absolute atomic E-state index is 12.5. The number of rotatable bonds is 2. The number of nitrogens with one attached hydrogen (secondary N) is 1. The van der Waals surface area contributed by atoms with Gasteiger partial charge in [0.25, 0.3) is 5.91 Å². The first-order chi connectivity index (χ1) is 10.5. The molecule has 2 nitrogen and oxygen atoms in total. The third kappa shape index (κ3) is 2.90. The zero-order valence-electron chi connectivity index (χ0n) is 12.5. The van der Waals surface area contributed by atoms with Gasteiger partial charge in [0.15, 0.2) is 0 Å². The zero-order valence-corrected chi connectivity index (χ0v) is 14.1. The van der Waals surface area contributed by atoms with Crippen LogP contribution in [0.15, 0.2) is 59.1 Å². The molecule has 3 heteroatoms. The van der Waals surface area contributed by atoms with Crippen molar-refractivity contribution in [2.24, 2.45) is 0 Å². The number of carbonyl (C=O) groups is 1. The summed E-state index contributed by atoms with van der Waals surface area (Å²) < 4.78 is 1.02. The highest BCUT2D eigenvalue weighted by Gasteiger charge is 2.10. The van der Waals surface area contributed by atoms with Crippen molar-refractivity contribution in [1.82, 2.24) is 0 Å². The Kier molecular flexibility index (Phi) is 3.99. The Labute approximate surface area is 138 Å². The average Bonchev–Trinajstić information content (AvgIpc) is 2.47. The third-order valence-electron chi connectivity index (χ3n) is 3.60. The second kappa shape index (κ2) is 5.93. The van der Waals surface area contributed by atoms with Crippen LogP contribution in [0.2, 0.25) is 0 Å². The first-order valence-corrected chi connectivity index (χ1v) is 7.91. The van der Waals surface area contributed by atoms with E-state index >= 15 is 0 Å². The normalized spacial score (nSPS) is 10.7. The van der Waals surface area contributed by atoms with Crippen molar-refractivity contribution in [3.8, 4) is 0 Å². The topological polar surface area (TPSA) is 29.1 Å². The van der Waals surface area contributed by atoms with E-state index in [0.717, 1.165) is 32.1 Å². The summed E-state index contributed by atoms with van der Waals surface area (Å²) in [5.41, 5.74) is 3.68. The van der Waals surface area contributed by atoms with E-state index in [0.29, 0.717) is 5.56 Å². The van der Waals surface area contributed by atoms with E-state index < -0.39 is 0 Å². The van der Waals surface area contributed by atoms with Crippen molar-refractivity contribution in [3.05, 3.63) is 75.8 Å². The summed E-state index contributed by atoms with van der Waals surface area (Å²) in [5.74, 6) is -0.0840. The maximum Gasteiger partial charge on any atom is 0.255 e. The van der Waals surface area contributed by atoms with Gasteiger partial charge in [-0.3, -0.25) is 4.79 Å². The highest BCUT2D eigenvalue weighted by molar-refractivity contribution is 9.10. The highest BCUT2D eigenvalue weighted by Crippen LogP contribution is 2.29. The van der Waals surface area contributed by atoms with Crippen LogP contribution in [0, 0.1) is 13.8 Å². The van der Waals surface area contributed by atoms with E-state index in [1.807, 2.05) is 62.4 Å². The molecular weight excluding hydrogens is 338 g/mol. The number of halogens is 1. The first kappa shape index (κ1) is 14.8. The Bertz CT molecular complexity index is 850. The second-order valence-corrected chi connectivity index (χ2v) is 6.33. The van der Waals surface area contributed by atoms with Crippen LogP contribution in [0.4, 0.5) is 5.69 Å². The number of hydrogen-bond acceptors (Lipinski definition) is 1. The molecule has 22 heavy (non-hydrogen) atoms. The van der Waals surface area contributed by atoms with E-state index in [-0.39, 0.29) is 5.91 Å². The molecule has 0 aliphatic rings. The molecule has 0 bridgehead atoms. The van der Waals surface area contributed by atoms with Gasteiger partial charge in [-0.15, -0.1) is 0 Å². The van der Waals surface area contributed by atoms with Crippen LogP contribution in [0.3, 0.4) is 0 Å². The predicted molar refractivity (Wildman–Crippen MR) is 95.5 cm³/mol. The summed E-state index contributed by atoms with van der Waals surface area (Å²) in [6.45, 7) is 4.00. The summed E-state index contributed by atoms with van der Waals surface area (Å²) >= 11 is 3.55. The fourth-order valence-electron chi connectivity index (χ4n) is 2.68. The second-order valence-electron chi connectivity index (χ2n) is 5.47. The Morgan fingerprint density at radius 3 is 2.27 bits per heavy atom. The van der Waals surface area contributed by atoms with Gasteiger partial charge in [-0.25, -0.2) is 0 Å². The number of fused-ring (bicyclic) bond motifs is 1. The van der Waals surface area contributed by atoms with Crippen LogP contribution in [-0.2, 0) is 0 Å². The number of amides is 1. The molecule has 0 aliphatic heterocycles. The van der Waals surface area contributed by atoms with Crippen LogP contribution in [0.25, 0.3) is 10.8 Å². The predicted octanol–water partition coefficient (Wildman–Crippen LogP) is 5.47. The number of carbonyl (C=O) groups excluding carboxylic acids is 1. The monoisotopic (exact) mass is 353 g/mol. The SMILES string of the molecule is Cc1cc(C)cc(C(=O)Nc2cccc3c(Br)cccc23)c1. The molecular formula is C19H16BrNO. The number of aryl methyl sites for hydroxylation is 2. The lowest BCUT2D eigenvalue weighted by Gasteiger charge is -2.10. The van der Waals surface area contributed by atoms with Gasteiger partial charge in [0.05, 0.1) is 0 Å². The molecule has 3 aromatic carbocycles. The fraction of sp³-hybridized carbons (Fsp3) is 0.105. The molecule has 0 spiro atoms. The van der Waals surface area contributed by atoms with Crippen LogP contribution in [0.5, 0.6) is 0 Å². The standard InChI is InChI=1S/C19H16BrNO/c1-12-9-13(2)11-14(10-12)19(22)21-18-8-4-5-15-16(18)6-3-7-17(15)20/h3-11H,1-2H3,(H,21,22). The summed E-state index contributed by atoms with van der Waals surface area (Å²) in [6.07, 6.45) is 0. The maximum atomic E-state index is 12.5. The summed E-state index contributed by atoms with van der Waals surface area (Å²) in [4.78, 5) is 12.5. The van der Waals surface area contributed by atoms with Crippen molar-refractivity contribution >= 4 is 38.3 Å². The van der Waals surface area contributed by atoms with Gasteiger partial charge in [-0.1, -0.05) is 57.4 Å². The minimum atomic E-state index is -0.0840. The fourth-order valence-corrected chi connectivity index (χ4v) is 3.18. The molecule has 0 aromatic heterocycles. The number of hydrogen-bond donors (Lipinski definition) is 1. The molecule has 110 valence electrons. The van der Waals surface area contributed by atoms with Crippen molar-refractivity contribution in [1.29, 1.82) is 0 Å². The molecule has 3 aromatic rings. The zero-order chi connectivity index (χ0) is 15.7. The molecule has 0 fully saturated rings. The van der Waals surface area contributed by atoms with E-state index in [9.17, 15) is 4.79 Å². The summed E-state index contributed by atoms with van der Waals surface area (Å²) in [6, 6.07) is 17.8. The van der Waals surface area contributed by atoms with Crippen molar-refractivity contribution in [3.63, 3.8) is 0 Å². The Balaban J connectivity index is 1.99. The molecule has 0 atom stereocenters. The minimum absolute atomic E-state index is 0.0840. The third-order valence-corrected chi connectivity index (χ3v) is 4.29. The van der Waals surface area contributed by atoms with E-state index in [1.54, 1.807) is 0 Å². The van der Waals surface area contributed by atoms with E-state index in [4.69, 9.17) is 0 Å². The molecule has 0 saturated carbocycles. The van der Waals surface area contributed by atoms with Gasteiger partial charge in [-0.2, -0.15) is 0 Å². The van der Waals surface area contributed by atoms with Crippen LogP contribution >= 0.6 is 15.9 Å². The van der Waals surface area contributed by atoms with Crippen LogP contribution < -0.4 is 5.32 Å². The molecule has 0 unspecified atom stereocenters. The van der Waals surface area contributed by atoms with Crippen molar-refractivity contribution in [2.75, 3.05) is 5.32 Å². The average molecular weight is 354 g/mol. The Hall–Kier alpha value is -2.13. The quantitative estimate of drug-likeness (QED) is 0.649. The largest absolute Gasteiger partial charge is 0.321 e. The summed E-state index contributed by atoms with van der Waals surface area (Å²) in [5, 5.41) is 5.13. The molecule has 3 rings (SSSR count). The molecule has 1 N–H and O–H groups in total. The van der Waals surface area contributed by atoms with Crippen LogP contribution in [0.1, 0.15) is 21.5 Å². The molecule has 0 radical (unpaired) electrons. The lowest BCUT2D eigenvalue weighted by Crippen LogP contribution is -2.12. The van der Waals surface area contributed by atoms with Crippen molar-refractivity contribution < 1.29 is 4.79 Å². The molecule has 0 heterocycles. The number of benzene rings is 3. The van der Waals surface area contributed by atoms with Gasteiger partial charge >= 0.3 is 0 Å². The molecule has 0 aliphatic carbocycles. The van der Waals surface area contributed by atoms with E-state index in [1.165, 1.54) is 0 Å². The Morgan fingerprint density at radius 2 is 1.55 bits per heavy atom. The molecule has 1 amide bonds. The van der Waals surface area contributed by atoms with Gasteiger partial charge in [0, 0.05) is 21.1 Å². The minimum Gasteiger partial charge on any atom is -0.321 e. The molecule has 0 saturated heterocycles. The summed E-state index contributed by atoms with van der Waals surface area (Å²) in [7, 11) is 0. The highest BCUT2D eigenvalue weighted by atomic mass is 79.9. The van der Waals surface area contributed by atoms with Crippen molar-refractivity contribution in [2.45, 2.75) is 13.8 Å². The van der Waals surface area contributed by atoms with Gasteiger partial charge in [0.2, 0.25) is 0 Å². The first-order valence-electron chi connectivity index (χ1n) is 7.11. The van der Waals surface area contributed by atoms with Crippen LogP contribution in [-0.4, -0.2) is 5.91 Å². The van der Waals surface area contributed by atoms with Gasteiger partial charge in [-0.05, 0) is 43.5 Å². The van der Waals surface area contributed by atoms with E-state index in [2.05, 4.69) is 27.3 Å². The lowest BCUT2D eigenvalue weighted by atomic mass is 10.1. The Morgan fingerprint density at radius 1 is 0.909 bits per heavy atom. The smallest absolute Gasteiger partial charge is 0.255 e.